The molecule has 11 heteroatoms. The maximum atomic E-state index is 15.5. The number of hydrogen-bond donors (Lipinski definition) is 0. The maximum absolute atomic E-state index is 15.5. The first-order valence-corrected chi connectivity index (χ1v) is 10.8. The van der Waals surface area contributed by atoms with Crippen LogP contribution in [0.3, 0.4) is 0 Å². The minimum Gasteiger partial charge on any atom is -0.303 e. The highest BCUT2D eigenvalue weighted by atomic mass is 32.2. The third-order valence-electron chi connectivity index (χ3n) is 5.52. The summed E-state index contributed by atoms with van der Waals surface area (Å²) in [7, 11) is 0. The lowest BCUT2D eigenvalue weighted by atomic mass is 9.98. The Bertz CT molecular complexity index is 1530. The number of fused-ring (bicyclic) bond motifs is 2. The number of anilines is 3. The van der Waals surface area contributed by atoms with Gasteiger partial charge in [0.15, 0.2) is 46.5 Å². The Balaban J connectivity index is 1.84. The predicted octanol–water partition coefficient (Wildman–Crippen LogP) is 8.27. The van der Waals surface area contributed by atoms with Gasteiger partial charge in [-0.15, -0.1) is 0 Å². The highest BCUT2D eigenvalue weighted by molar-refractivity contribution is 7.99. The summed E-state index contributed by atoms with van der Waals surface area (Å²) < 4.78 is 119. The van der Waals surface area contributed by atoms with Crippen molar-refractivity contribution in [2.75, 3.05) is 4.90 Å². The summed E-state index contributed by atoms with van der Waals surface area (Å²) in [6.45, 7) is 0. The van der Waals surface area contributed by atoms with E-state index in [1.54, 1.807) is 24.3 Å². The molecule has 0 saturated carbocycles. The summed E-state index contributed by atoms with van der Waals surface area (Å²) in [5.41, 5.74) is -6.68. The van der Waals surface area contributed by atoms with Crippen molar-refractivity contribution in [3.05, 3.63) is 101 Å². The fourth-order valence-corrected chi connectivity index (χ4v) is 4.99. The second-order valence-corrected chi connectivity index (χ2v) is 8.55. The Hall–Kier alpha value is -4.04. The van der Waals surface area contributed by atoms with Crippen molar-refractivity contribution in [3.8, 4) is 17.2 Å². The van der Waals surface area contributed by atoms with Gasteiger partial charge in [0.25, 0.3) is 0 Å². The van der Waals surface area contributed by atoms with Crippen molar-refractivity contribution in [1.82, 2.24) is 0 Å². The van der Waals surface area contributed by atoms with Gasteiger partial charge < -0.3 is 4.90 Å². The molecule has 180 valence electrons. The lowest BCUT2D eigenvalue weighted by Gasteiger charge is -2.33. The molecule has 4 aromatic rings. The minimum atomic E-state index is -2.39. The summed E-state index contributed by atoms with van der Waals surface area (Å²) in [4.78, 5) is 1.86. The largest absolute Gasteiger partial charge is 0.303 e. The van der Waals surface area contributed by atoms with E-state index in [4.69, 9.17) is 5.26 Å². The SMILES string of the molecule is N#Cc1c(F)c(F)c(-c2c(F)c(F)c(N3c4ccccc4Sc4ccccc43)c(F)c2F)c(F)c1F. The Morgan fingerprint density at radius 3 is 1.36 bits per heavy atom. The van der Waals surface area contributed by atoms with E-state index in [2.05, 4.69) is 0 Å². The zero-order valence-corrected chi connectivity index (χ0v) is 18.3. The Morgan fingerprint density at radius 1 is 0.556 bits per heavy atom. The van der Waals surface area contributed by atoms with E-state index in [-0.39, 0.29) is 11.4 Å². The molecular formula is C25H8F8N2S. The van der Waals surface area contributed by atoms with Gasteiger partial charge in [-0.1, -0.05) is 36.0 Å². The molecule has 2 nitrogen and oxygen atoms in total. The Kier molecular flexibility index (Phi) is 5.64. The molecule has 0 aromatic heterocycles. The Labute approximate surface area is 202 Å². The van der Waals surface area contributed by atoms with Crippen LogP contribution in [0.15, 0.2) is 58.3 Å². The minimum absolute atomic E-state index is 0.151. The number of para-hydroxylation sites is 2. The molecule has 4 aromatic carbocycles. The second-order valence-electron chi connectivity index (χ2n) is 7.47. The van der Waals surface area contributed by atoms with Crippen molar-refractivity contribution in [2.45, 2.75) is 9.79 Å². The first-order chi connectivity index (χ1) is 17.2. The normalized spacial score (nSPS) is 12.2. The van der Waals surface area contributed by atoms with E-state index in [0.29, 0.717) is 9.79 Å². The molecule has 0 fully saturated rings. The van der Waals surface area contributed by atoms with E-state index in [1.165, 1.54) is 36.0 Å². The average Bonchev–Trinajstić information content (AvgIpc) is 2.88. The van der Waals surface area contributed by atoms with Crippen LogP contribution in [0.5, 0.6) is 0 Å². The number of nitrogens with zero attached hydrogens (tertiary/aromatic N) is 2. The van der Waals surface area contributed by atoms with E-state index >= 15 is 17.6 Å². The maximum Gasteiger partial charge on any atom is 0.186 e. The van der Waals surface area contributed by atoms with Gasteiger partial charge in [0.1, 0.15) is 17.3 Å². The second kappa shape index (κ2) is 8.57. The fraction of sp³-hybridized carbons (Fsp3) is 0. The van der Waals surface area contributed by atoms with Crippen molar-refractivity contribution in [2.24, 2.45) is 0 Å². The van der Waals surface area contributed by atoms with Crippen LogP contribution in [0.1, 0.15) is 5.56 Å². The molecule has 0 bridgehead atoms. The molecule has 0 spiro atoms. The molecule has 0 radical (unpaired) electrons. The average molecular weight is 520 g/mol. The summed E-state index contributed by atoms with van der Waals surface area (Å²) in [5, 5.41) is 8.71. The molecule has 1 aliphatic heterocycles. The molecule has 0 atom stereocenters. The van der Waals surface area contributed by atoms with Crippen molar-refractivity contribution >= 4 is 28.8 Å². The predicted molar refractivity (Wildman–Crippen MR) is 115 cm³/mol. The van der Waals surface area contributed by atoms with Crippen molar-refractivity contribution in [3.63, 3.8) is 0 Å². The third kappa shape index (κ3) is 3.25. The number of hydrogen-bond acceptors (Lipinski definition) is 3. The van der Waals surface area contributed by atoms with Crippen LogP contribution >= 0.6 is 11.8 Å². The number of benzene rings is 4. The summed E-state index contributed by atoms with van der Waals surface area (Å²) >= 11 is 1.23. The van der Waals surface area contributed by atoms with Gasteiger partial charge in [-0.05, 0) is 24.3 Å². The molecule has 0 unspecified atom stereocenters. The van der Waals surface area contributed by atoms with Crippen LogP contribution in [0, 0.1) is 57.9 Å². The lowest BCUT2D eigenvalue weighted by molar-refractivity contribution is 0.441. The topological polar surface area (TPSA) is 27.0 Å². The van der Waals surface area contributed by atoms with Gasteiger partial charge in [-0.2, -0.15) is 5.26 Å². The molecule has 5 rings (SSSR count). The van der Waals surface area contributed by atoms with E-state index in [0.717, 1.165) is 11.0 Å². The number of halogens is 8. The van der Waals surface area contributed by atoms with Gasteiger partial charge in [0.05, 0.1) is 22.5 Å². The zero-order valence-electron chi connectivity index (χ0n) is 17.4. The molecule has 0 saturated heterocycles. The van der Waals surface area contributed by atoms with E-state index < -0.39 is 68.9 Å². The third-order valence-corrected chi connectivity index (χ3v) is 6.65. The highest BCUT2D eigenvalue weighted by Crippen LogP contribution is 2.53. The highest BCUT2D eigenvalue weighted by Gasteiger charge is 2.37. The van der Waals surface area contributed by atoms with Crippen molar-refractivity contribution in [1.29, 1.82) is 5.26 Å². The van der Waals surface area contributed by atoms with E-state index in [9.17, 15) is 17.6 Å². The molecule has 1 heterocycles. The van der Waals surface area contributed by atoms with Crippen LogP contribution in [0.4, 0.5) is 52.2 Å². The smallest absolute Gasteiger partial charge is 0.186 e. The first kappa shape index (κ1) is 23.7. The van der Waals surface area contributed by atoms with Gasteiger partial charge >= 0.3 is 0 Å². The van der Waals surface area contributed by atoms with Gasteiger partial charge in [-0.3, -0.25) is 0 Å². The van der Waals surface area contributed by atoms with Crippen molar-refractivity contribution < 1.29 is 35.1 Å². The van der Waals surface area contributed by atoms with Crippen LogP contribution < -0.4 is 4.90 Å². The van der Waals surface area contributed by atoms with Crippen LogP contribution in [-0.2, 0) is 0 Å². The quantitative estimate of drug-likeness (QED) is 0.173. The molecule has 0 amide bonds. The lowest BCUT2D eigenvalue weighted by Crippen LogP contribution is -2.20. The monoisotopic (exact) mass is 520 g/mol. The number of nitriles is 1. The summed E-state index contributed by atoms with van der Waals surface area (Å²) in [6, 6.07) is 13.3. The Morgan fingerprint density at radius 2 is 0.944 bits per heavy atom. The van der Waals surface area contributed by atoms with Gasteiger partial charge in [0, 0.05) is 9.79 Å². The molecule has 0 N–H and O–H groups in total. The summed E-state index contributed by atoms with van der Waals surface area (Å²) in [5.74, 6) is -18.0. The van der Waals surface area contributed by atoms with Crippen LogP contribution in [0.25, 0.3) is 11.1 Å². The summed E-state index contributed by atoms with van der Waals surface area (Å²) in [6.07, 6.45) is 0. The molecule has 0 aliphatic carbocycles. The van der Waals surface area contributed by atoms with E-state index in [1.807, 2.05) is 0 Å². The molecule has 36 heavy (non-hydrogen) atoms. The van der Waals surface area contributed by atoms with Gasteiger partial charge in [-0.25, -0.2) is 35.1 Å². The molecule has 1 aliphatic rings. The zero-order chi connectivity index (χ0) is 25.9. The van der Waals surface area contributed by atoms with Crippen LogP contribution in [-0.4, -0.2) is 0 Å². The number of rotatable bonds is 2. The van der Waals surface area contributed by atoms with Gasteiger partial charge in [0.2, 0.25) is 0 Å². The molecular weight excluding hydrogens is 512 g/mol. The first-order valence-electron chi connectivity index (χ1n) is 9.97. The van der Waals surface area contributed by atoms with Crippen LogP contribution in [0.2, 0.25) is 0 Å². The standard InChI is InChI=1S/C25H8F8N2S/c26-17-10(9-34)18(27)20(29)15(19(17)28)16-21(30)23(32)25(24(33)22(16)31)35-11-5-1-3-7-13(11)36-14-8-4-2-6-12(14)35/h1-8H. The fourth-order valence-electron chi connectivity index (χ4n) is 3.93.